The molecule has 0 aliphatic carbocycles. The summed E-state index contributed by atoms with van der Waals surface area (Å²) in [5.74, 6) is 1.55. The lowest BCUT2D eigenvalue weighted by atomic mass is 10.1. The van der Waals surface area contributed by atoms with Gasteiger partial charge in [0.25, 0.3) is 5.56 Å². The van der Waals surface area contributed by atoms with Crippen LogP contribution in [0.1, 0.15) is 45.0 Å². The van der Waals surface area contributed by atoms with Crippen LogP contribution < -0.4 is 10.9 Å². The molecule has 0 radical (unpaired) electrons. The third-order valence-electron chi connectivity index (χ3n) is 5.52. The summed E-state index contributed by atoms with van der Waals surface area (Å²) in [7, 11) is 0. The molecule has 1 amide bonds. The number of aromatic nitrogens is 4. The molecule has 0 spiro atoms. The van der Waals surface area contributed by atoms with Gasteiger partial charge in [-0.3, -0.25) is 18.6 Å². The van der Waals surface area contributed by atoms with Gasteiger partial charge in [0.2, 0.25) is 11.7 Å². The fourth-order valence-corrected chi connectivity index (χ4v) is 4.77. The second kappa shape index (κ2) is 9.65. The van der Waals surface area contributed by atoms with Gasteiger partial charge in [0.05, 0.1) is 5.52 Å². The minimum Gasteiger partial charge on any atom is -0.354 e. The van der Waals surface area contributed by atoms with Crippen LogP contribution in [0, 0.1) is 5.92 Å². The van der Waals surface area contributed by atoms with Crippen molar-refractivity contribution in [1.29, 1.82) is 0 Å². The van der Waals surface area contributed by atoms with Crippen molar-refractivity contribution in [2.45, 2.75) is 59.0 Å². The Hall–Kier alpha value is -3.00. The lowest BCUT2D eigenvalue weighted by Crippen LogP contribution is -2.33. The molecule has 32 heavy (non-hydrogen) atoms. The van der Waals surface area contributed by atoms with E-state index in [2.05, 4.69) is 41.5 Å². The largest absolute Gasteiger partial charge is 0.354 e. The molecule has 1 N–H and O–H groups in total. The summed E-state index contributed by atoms with van der Waals surface area (Å²) in [4.78, 5) is 25.5. The van der Waals surface area contributed by atoms with Gasteiger partial charge >= 0.3 is 0 Å². The zero-order chi connectivity index (χ0) is 22.7. The maximum absolute atomic E-state index is 12.9. The van der Waals surface area contributed by atoms with Gasteiger partial charge in [-0.2, -0.15) is 0 Å². The Bertz CT molecular complexity index is 1270. The molecule has 3 aromatic heterocycles. The lowest BCUT2D eigenvalue weighted by molar-refractivity contribution is -0.121. The SMILES string of the molecule is CC(C)Cn1c(=O)c2sccc2n2c(CCC(=O)N[C@@H](C)CCc3ccccc3)nnc12. The quantitative estimate of drug-likeness (QED) is 0.419. The molecule has 0 saturated heterocycles. The molecule has 0 saturated carbocycles. The fraction of sp³-hybridized carbons (Fsp3) is 0.417. The van der Waals surface area contributed by atoms with Crippen molar-refractivity contribution in [1.82, 2.24) is 24.5 Å². The average molecular weight is 452 g/mol. The predicted octanol–water partition coefficient (Wildman–Crippen LogP) is 3.83. The monoisotopic (exact) mass is 451 g/mol. The second-order valence-corrected chi connectivity index (χ2v) is 9.61. The molecule has 0 unspecified atom stereocenters. The second-order valence-electron chi connectivity index (χ2n) is 8.69. The summed E-state index contributed by atoms with van der Waals surface area (Å²) in [5.41, 5.74) is 2.06. The minimum atomic E-state index is -0.0277. The number of carbonyl (C=O) groups is 1. The van der Waals surface area contributed by atoms with Crippen LogP contribution in [0.5, 0.6) is 0 Å². The van der Waals surface area contributed by atoms with Gasteiger partial charge in [-0.25, -0.2) is 0 Å². The molecule has 1 atom stereocenters. The van der Waals surface area contributed by atoms with Crippen molar-refractivity contribution in [3.05, 3.63) is 63.5 Å². The summed E-state index contributed by atoms with van der Waals surface area (Å²) in [6, 6.07) is 12.3. The van der Waals surface area contributed by atoms with Crippen molar-refractivity contribution < 1.29 is 4.79 Å². The van der Waals surface area contributed by atoms with Crippen LogP contribution >= 0.6 is 11.3 Å². The van der Waals surface area contributed by atoms with E-state index in [-0.39, 0.29) is 17.5 Å². The van der Waals surface area contributed by atoms with E-state index in [0.29, 0.717) is 41.6 Å². The van der Waals surface area contributed by atoms with E-state index < -0.39 is 0 Å². The zero-order valence-corrected chi connectivity index (χ0v) is 19.6. The van der Waals surface area contributed by atoms with Gasteiger partial charge in [0.1, 0.15) is 10.5 Å². The predicted molar refractivity (Wildman–Crippen MR) is 128 cm³/mol. The normalized spacial score (nSPS) is 12.6. The molecule has 0 fully saturated rings. The first-order valence-electron chi connectivity index (χ1n) is 11.1. The Kier molecular flexibility index (Phi) is 6.69. The molecule has 8 heteroatoms. The van der Waals surface area contributed by atoms with Gasteiger partial charge in [-0.05, 0) is 42.7 Å². The Balaban J connectivity index is 1.46. The first kappa shape index (κ1) is 22.2. The lowest BCUT2D eigenvalue weighted by Gasteiger charge is -2.14. The first-order valence-corrected chi connectivity index (χ1v) is 12.0. The van der Waals surface area contributed by atoms with Crippen molar-refractivity contribution in [2.24, 2.45) is 5.92 Å². The highest BCUT2D eigenvalue weighted by Crippen LogP contribution is 2.21. The van der Waals surface area contributed by atoms with Crippen LogP contribution in [0.15, 0.2) is 46.6 Å². The molecule has 7 nitrogen and oxygen atoms in total. The molecule has 3 heterocycles. The number of carbonyl (C=O) groups excluding carboxylic acids is 1. The molecule has 0 bridgehead atoms. The summed E-state index contributed by atoms with van der Waals surface area (Å²) < 4.78 is 4.33. The molecule has 4 aromatic rings. The van der Waals surface area contributed by atoms with E-state index >= 15 is 0 Å². The van der Waals surface area contributed by atoms with Gasteiger partial charge in [-0.1, -0.05) is 44.2 Å². The maximum atomic E-state index is 12.9. The van der Waals surface area contributed by atoms with E-state index in [9.17, 15) is 9.59 Å². The van der Waals surface area contributed by atoms with Gasteiger partial charge in [0, 0.05) is 25.4 Å². The highest BCUT2D eigenvalue weighted by molar-refractivity contribution is 7.17. The molecule has 4 rings (SSSR count). The number of thiophene rings is 1. The van der Waals surface area contributed by atoms with Crippen LogP contribution in [0.3, 0.4) is 0 Å². The van der Waals surface area contributed by atoms with Crippen molar-refractivity contribution in [2.75, 3.05) is 0 Å². The number of nitrogens with one attached hydrogen (secondary N) is 1. The number of benzene rings is 1. The van der Waals surface area contributed by atoms with Crippen LogP contribution in [0.4, 0.5) is 0 Å². The van der Waals surface area contributed by atoms with Gasteiger partial charge < -0.3 is 5.32 Å². The van der Waals surface area contributed by atoms with E-state index in [1.165, 1.54) is 16.9 Å². The number of hydrogen-bond acceptors (Lipinski definition) is 5. The number of hydrogen-bond donors (Lipinski definition) is 1. The summed E-state index contributed by atoms with van der Waals surface area (Å²) in [6.45, 7) is 6.75. The average Bonchev–Trinajstić information content (AvgIpc) is 3.41. The number of aryl methyl sites for hydroxylation is 2. The minimum absolute atomic E-state index is 0.000578. The zero-order valence-electron chi connectivity index (χ0n) is 18.7. The van der Waals surface area contributed by atoms with Crippen LogP contribution in [0.2, 0.25) is 0 Å². The number of amides is 1. The van der Waals surface area contributed by atoms with E-state index in [0.717, 1.165) is 18.4 Å². The Morgan fingerprint density at radius 2 is 1.88 bits per heavy atom. The standard InChI is InChI=1S/C24H29N5O2S/c1-16(2)15-28-23(31)22-19(13-14-32-22)29-20(26-27-24(28)29)11-12-21(30)25-17(3)9-10-18-7-5-4-6-8-18/h4-8,13-14,16-17H,9-12,15H2,1-3H3,(H,25,30)/t17-/m0/s1. The maximum Gasteiger partial charge on any atom is 0.272 e. The third-order valence-corrected chi connectivity index (χ3v) is 6.41. The number of nitrogens with zero attached hydrogens (tertiary/aromatic N) is 4. The molecule has 168 valence electrons. The Morgan fingerprint density at radius 1 is 1.09 bits per heavy atom. The molecular formula is C24H29N5O2S. The third kappa shape index (κ3) is 4.75. The van der Waals surface area contributed by atoms with Crippen molar-refractivity contribution in [3.63, 3.8) is 0 Å². The summed E-state index contributed by atoms with van der Waals surface area (Å²) in [5, 5.41) is 13.7. The smallest absolute Gasteiger partial charge is 0.272 e. The van der Waals surface area contributed by atoms with E-state index in [4.69, 9.17) is 0 Å². The summed E-state index contributed by atoms with van der Waals surface area (Å²) in [6.07, 6.45) is 2.61. The van der Waals surface area contributed by atoms with Gasteiger partial charge in [-0.15, -0.1) is 21.5 Å². The first-order chi connectivity index (χ1) is 15.4. The molecule has 1 aromatic carbocycles. The Labute approximate surface area is 191 Å². The highest BCUT2D eigenvalue weighted by atomic mass is 32.1. The summed E-state index contributed by atoms with van der Waals surface area (Å²) >= 11 is 1.43. The fourth-order valence-electron chi connectivity index (χ4n) is 3.94. The van der Waals surface area contributed by atoms with Crippen molar-refractivity contribution >= 4 is 33.2 Å². The molecule has 0 aliphatic heterocycles. The number of rotatable bonds is 9. The van der Waals surface area contributed by atoms with Crippen LogP contribution in [-0.4, -0.2) is 31.1 Å². The van der Waals surface area contributed by atoms with E-state index in [1.807, 2.05) is 41.0 Å². The van der Waals surface area contributed by atoms with E-state index in [1.54, 1.807) is 4.57 Å². The molecular weight excluding hydrogens is 422 g/mol. The van der Waals surface area contributed by atoms with Gasteiger partial charge in [0.15, 0.2) is 0 Å². The topological polar surface area (TPSA) is 81.3 Å². The highest BCUT2D eigenvalue weighted by Gasteiger charge is 2.19. The Morgan fingerprint density at radius 3 is 2.62 bits per heavy atom. The number of fused-ring (bicyclic) bond motifs is 3. The molecule has 0 aliphatic rings. The van der Waals surface area contributed by atoms with Crippen LogP contribution in [-0.2, 0) is 24.2 Å². The van der Waals surface area contributed by atoms with Crippen molar-refractivity contribution in [3.8, 4) is 0 Å². The van der Waals surface area contributed by atoms with Crippen LogP contribution in [0.25, 0.3) is 16.0 Å².